The van der Waals surface area contributed by atoms with Gasteiger partial charge in [-0.2, -0.15) is 0 Å². The second kappa shape index (κ2) is 8.00. The lowest BCUT2D eigenvalue weighted by Crippen LogP contribution is -2.23. The van der Waals surface area contributed by atoms with E-state index in [2.05, 4.69) is 15.0 Å². The van der Waals surface area contributed by atoms with Crippen LogP contribution in [-0.4, -0.2) is 26.4 Å². The number of carbonyl (C=O) groups excluding carboxylic acids is 1. The standard InChI is InChI=1S/C22H25N3O3S/c1-23-29(27,28)14-16-8-6-15(7-9-16)13-24-22(26)17-10-11-21-19(12-17)18-4-2-3-5-20(18)25-21/h6-12,23,25H,2-5,13-14H2,1H3,(H,24,26). The van der Waals surface area contributed by atoms with Gasteiger partial charge in [-0.1, -0.05) is 24.3 Å². The Morgan fingerprint density at radius 1 is 1.03 bits per heavy atom. The largest absolute Gasteiger partial charge is 0.358 e. The van der Waals surface area contributed by atoms with E-state index in [0.717, 1.165) is 29.3 Å². The molecule has 3 aromatic rings. The molecule has 1 amide bonds. The van der Waals surface area contributed by atoms with E-state index in [4.69, 9.17) is 0 Å². The summed E-state index contributed by atoms with van der Waals surface area (Å²) in [6.45, 7) is 0.390. The van der Waals surface area contributed by atoms with Gasteiger partial charge in [0, 0.05) is 28.7 Å². The maximum absolute atomic E-state index is 12.6. The molecule has 0 spiro atoms. The summed E-state index contributed by atoms with van der Waals surface area (Å²) in [6.07, 6.45) is 4.56. The predicted molar refractivity (Wildman–Crippen MR) is 114 cm³/mol. The average molecular weight is 412 g/mol. The highest BCUT2D eigenvalue weighted by atomic mass is 32.2. The van der Waals surface area contributed by atoms with E-state index in [9.17, 15) is 13.2 Å². The fourth-order valence-electron chi connectivity index (χ4n) is 3.88. The fourth-order valence-corrected chi connectivity index (χ4v) is 4.65. The molecule has 0 unspecified atom stereocenters. The van der Waals surface area contributed by atoms with Gasteiger partial charge in [0.25, 0.3) is 5.91 Å². The van der Waals surface area contributed by atoms with E-state index in [1.54, 1.807) is 12.1 Å². The Kier molecular flexibility index (Phi) is 5.43. The molecule has 2 aromatic carbocycles. The number of aromatic amines is 1. The number of aromatic nitrogens is 1. The van der Waals surface area contributed by atoms with Crippen molar-refractivity contribution in [2.75, 3.05) is 7.05 Å². The van der Waals surface area contributed by atoms with E-state index in [1.165, 1.54) is 31.1 Å². The number of nitrogens with one attached hydrogen (secondary N) is 3. The molecule has 1 heterocycles. The highest BCUT2D eigenvalue weighted by molar-refractivity contribution is 7.88. The van der Waals surface area contributed by atoms with Crippen LogP contribution in [0.25, 0.3) is 10.9 Å². The van der Waals surface area contributed by atoms with Crippen LogP contribution in [0.2, 0.25) is 0 Å². The number of hydrogen-bond donors (Lipinski definition) is 3. The molecular formula is C22H25N3O3S. The van der Waals surface area contributed by atoms with E-state index in [-0.39, 0.29) is 11.7 Å². The van der Waals surface area contributed by atoms with Crippen LogP contribution in [-0.2, 0) is 35.2 Å². The molecule has 0 atom stereocenters. The SMILES string of the molecule is CNS(=O)(=O)Cc1ccc(CNC(=O)c2ccc3[nH]c4c(c3c2)CCCC4)cc1. The van der Waals surface area contributed by atoms with Gasteiger partial charge in [-0.3, -0.25) is 4.79 Å². The van der Waals surface area contributed by atoms with E-state index in [0.29, 0.717) is 17.7 Å². The molecule has 6 nitrogen and oxygen atoms in total. The van der Waals surface area contributed by atoms with Crippen molar-refractivity contribution in [1.29, 1.82) is 0 Å². The summed E-state index contributed by atoms with van der Waals surface area (Å²) in [5, 5.41) is 4.11. The van der Waals surface area contributed by atoms with Crippen molar-refractivity contribution in [1.82, 2.24) is 15.0 Å². The number of benzene rings is 2. The number of amides is 1. The number of fused-ring (bicyclic) bond motifs is 3. The second-order valence-corrected chi connectivity index (χ2v) is 9.44. The van der Waals surface area contributed by atoms with Gasteiger partial charge in [-0.15, -0.1) is 0 Å². The molecule has 4 rings (SSSR count). The molecule has 0 bridgehead atoms. The Balaban J connectivity index is 1.43. The van der Waals surface area contributed by atoms with Crippen LogP contribution in [0.1, 0.15) is 45.6 Å². The fraction of sp³-hybridized carbons (Fsp3) is 0.318. The Morgan fingerprint density at radius 2 is 1.76 bits per heavy atom. The molecule has 3 N–H and O–H groups in total. The topological polar surface area (TPSA) is 91.1 Å². The molecule has 1 aliphatic carbocycles. The Morgan fingerprint density at radius 3 is 2.52 bits per heavy atom. The maximum Gasteiger partial charge on any atom is 0.251 e. The summed E-state index contributed by atoms with van der Waals surface area (Å²) < 4.78 is 25.5. The summed E-state index contributed by atoms with van der Waals surface area (Å²) in [7, 11) is -1.89. The number of aryl methyl sites for hydroxylation is 2. The van der Waals surface area contributed by atoms with Gasteiger partial charge in [0.05, 0.1) is 5.75 Å². The smallest absolute Gasteiger partial charge is 0.251 e. The summed E-state index contributed by atoms with van der Waals surface area (Å²) in [4.78, 5) is 16.1. The second-order valence-electron chi connectivity index (χ2n) is 7.51. The van der Waals surface area contributed by atoms with Crippen molar-refractivity contribution in [3.8, 4) is 0 Å². The van der Waals surface area contributed by atoms with Crippen LogP contribution in [0.4, 0.5) is 0 Å². The van der Waals surface area contributed by atoms with Gasteiger partial charge in [0.2, 0.25) is 10.0 Å². The molecule has 0 saturated carbocycles. The Labute approximate surface area is 170 Å². The predicted octanol–water partition coefficient (Wildman–Crippen LogP) is 3.03. The lowest BCUT2D eigenvalue weighted by Gasteiger charge is -2.11. The van der Waals surface area contributed by atoms with Crippen LogP contribution in [0, 0.1) is 0 Å². The number of sulfonamides is 1. The molecule has 1 aliphatic rings. The summed E-state index contributed by atoms with van der Waals surface area (Å²) in [6, 6.07) is 13.0. The van der Waals surface area contributed by atoms with Crippen LogP contribution in [0.3, 0.4) is 0 Å². The zero-order chi connectivity index (χ0) is 20.4. The van der Waals surface area contributed by atoms with Crippen LogP contribution in [0.5, 0.6) is 0 Å². The van der Waals surface area contributed by atoms with E-state index < -0.39 is 10.0 Å². The first kappa shape index (κ1) is 19.7. The first-order valence-electron chi connectivity index (χ1n) is 9.86. The van der Waals surface area contributed by atoms with E-state index >= 15 is 0 Å². The minimum absolute atomic E-state index is 0.0584. The molecular weight excluding hydrogens is 386 g/mol. The first-order valence-corrected chi connectivity index (χ1v) is 11.5. The molecule has 0 radical (unpaired) electrons. The summed E-state index contributed by atoms with van der Waals surface area (Å²) in [5.41, 5.74) is 6.04. The Hall–Kier alpha value is -2.64. The lowest BCUT2D eigenvalue weighted by molar-refractivity contribution is 0.0951. The Bertz CT molecular complexity index is 1150. The number of carbonyl (C=O) groups is 1. The summed E-state index contributed by atoms with van der Waals surface area (Å²) in [5.74, 6) is -0.170. The molecule has 1 aromatic heterocycles. The maximum atomic E-state index is 12.6. The van der Waals surface area contributed by atoms with Gasteiger partial charge in [0.15, 0.2) is 0 Å². The lowest BCUT2D eigenvalue weighted by atomic mass is 9.95. The first-order chi connectivity index (χ1) is 13.9. The van der Waals surface area contributed by atoms with Gasteiger partial charge in [-0.05, 0) is 67.6 Å². The third kappa shape index (κ3) is 4.36. The molecule has 0 fully saturated rings. The van der Waals surface area contributed by atoms with Crippen LogP contribution < -0.4 is 10.0 Å². The molecule has 7 heteroatoms. The van der Waals surface area contributed by atoms with Crippen molar-refractivity contribution in [2.24, 2.45) is 0 Å². The van der Waals surface area contributed by atoms with Gasteiger partial charge in [-0.25, -0.2) is 13.1 Å². The van der Waals surface area contributed by atoms with Crippen molar-refractivity contribution in [3.63, 3.8) is 0 Å². The van der Waals surface area contributed by atoms with Crippen molar-refractivity contribution >= 4 is 26.8 Å². The van der Waals surface area contributed by atoms with Crippen molar-refractivity contribution in [2.45, 2.75) is 38.0 Å². The van der Waals surface area contributed by atoms with E-state index in [1.807, 2.05) is 30.3 Å². The minimum atomic E-state index is -3.29. The number of hydrogen-bond acceptors (Lipinski definition) is 3. The van der Waals surface area contributed by atoms with Crippen molar-refractivity contribution < 1.29 is 13.2 Å². The molecule has 152 valence electrons. The van der Waals surface area contributed by atoms with Crippen LogP contribution in [0.15, 0.2) is 42.5 Å². The molecule has 0 saturated heterocycles. The number of rotatable bonds is 6. The highest BCUT2D eigenvalue weighted by Crippen LogP contribution is 2.29. The number of H-pyrrole nitrogens is 1. The third-order valence-electron chi connectivity index (χ3n) is 5.50. The van der Waals surface area contributed by atoms with Gasteiger partial charge < -0.3 is 10.3 Å². The minimum Gasteiger partial charge on any atom is -0.358 e. The van der Waals surface area contributed by atoms with Crippen LogP contribution >= 0.6 is 0 Å². The normalized spacial score (nSPS) is 14.0. The van der Waals surface area contributed by atoms with Gasteiger partial charge >= 0.3 is 0 Å². The third-order valence-corrected chi connectivity index (χ3v) is 6.84. The van der Waals surface area contributed by atoms with Gasteiger partial charge in [0.1, 0.15) is 0 Å². The average Bonchev–Trinajstić information content (AvgIpc) is 3.10. The summed E-state index contributed by atoms with van der Waals surface area (Å²) >= 11 is 0. The zero-order valence-electron chi connectivity index (χ0n) is 16.4. The zero-order valence-corrected chi connectivity index (χ0v) is 17.2. The monoisotopic (exact) mass is 411 g/mol. The highest BCUT2D eigenvalue weighted by Gasteiger charge is 2.17. The molecule has 0 aliphatic heterocycles. The van der Waals surface area contributed by atoms with Crippen molar-refractivity contribution in [3.05, 3.63) is 70.4 Å². The quantitative estimate of drug-likeness (QED) is 0.582. The molecule has 29 heavy (non-hydrogen) atoms.